The van der Waals surface area contributed by atoms with Crippen LogP contribution in [0.15, 0.2) is 33.9 Å². The summed E-state index contributed by atoms with van der Waals surface area (Å²) in [4.78, 5) is 44.3. The van der Waals surface area contributed by atoms with Gasteiger partial charge in [-0.3, -0.25) is 14.2 Å². The minimum atomic E-state index is -0.656. The van der Waals surface area contributed by atoms with Gasteiger partial charge in [0.2, 0.25) is 5.95 Å². The molecule has 4 rings (SSSR count). The number of methoxy groups -OCH3 is 1. The molecule has 3 aromatic rings. The first-order valence-corrected chi connectivity index (χ1v) is 9.43. The maximum Gasteiger partial charge on any atom is 0.333 e. The first-order chi connectivity index (χ1) is 13.8. The SMILES string of the molecule is COC(=O)Cn1c(=O)c2c(nc3n2C[C@@H](C)CN3c2cccc(C)c2)n(C)c1=O. The van der Waals surface area contributed by atoms with Crippen LogP contribution in [-0.4, -0.2) is 38.3 Å². The van der Waals surface area contributed by atoms with E-state index in [9.17, 15) is 14.4 Å². The molecular formula is C20H23N5O4. The highest BCUT2D eigenvalue weighted by molar-refractivity contribution is 5.77. The summed E-state index contributed by atoms with van der Waals surface area (Å²) in [5.74, 6) is 0.217. The topological polar surface area (TPSA) is 91.4 Å². The highest BCUT2D eigenvalue weighted by Crippen LogP contribution is 2.33. The van der Waals surface area contributed by atoms with E-state index in [1.54, 1.807) is 7.05 Å². The lowest BCUT2D eigenvalue weighted by atomic mass is 10.1. The molecule has 1 aliphatic rings. The summed E-state index contributed by atoms with van der Waals surface area (Å²) in [6.45, 7) is 5.04. The van der Waals surface area contributed by atoms with Crippen LogP contribution in [0.5, 0.6) is 0 Å². The summed E-state index contributed by atoms with van der Waals surface area (Å²) in [5, 5.41) is 0. The van der Waals surface area contributed by atoms with Crippen molar-refractivity contribution in [2.75, 3.05) is 18.6 Å². The van der Waals surface area contributed by atoms with Crippen molar-refractivity contribution in [3.05, 3.63) is 50.7 Å². The van der Waals surface area contributed by atoms with Crippen LogP contribution < -0.4 is 16.1 Å². The lowest BCUT2D eigenvalue weighted by Gasteiger charge is -2.33. The maximum atomic E-state index is 13.2. The Morgan fingerprint density at radius 3 is 2.72 bits per heavy atom. The first-order valence-electron chi connectivity index (χ1n) is 9.43. The van der Waals surface area contributed by atoms with E-state index in [0.29, 0.717) is 23.7 Å². The van der Waals surface area contributed by atoms with Gasteiger partial charge in [0, 0.05) is 25.8 Å². The van der Waals surface area contributed by atoms with E-state index in [2.05, 4.69) is 27.6 Å². The second-order valence-corrected chi connectivity index (χ2v) is 7.56. The third-order valence-electron chi connectivity index (χ3n) is 5.27. The lowest BCUT2D eigenvalue weighted by Crippen LogP contribution is -2.42. The molecule has 3 heterocycles. The zero-order valence-electron chi connectivity index (χ0n) is 16.9. The third kappa shape index (κ3) is 3.02. The van der Waals surface area contributed by atoms with Crippen LogP contribution in [0.25, 0.3) is 11.2 Å². The van der Waals surface area contributed by atoms with Crippen LogP contribution in [0.4, 0.5) is 11.6 Å². The molecule has 0 unspecified atom stereocenters. The van der Waals surface area contributed by atoms with Crippen molar-refractivity contribution in [1.29, 1.82) is 0 Å². The molecular weight excluding hydrogens is 374 g/mol. The van der Waals surface area contributed by atoms with E-state index in [1.807, 2.05) is 29.7 Å². The molecule has 0 spiro atoms. The van der Waals surface area contributed by atoms with Crippen LogP contribution in [0, 0.1) is 12.8 Å². The number of fused-ring (bicyclic) bond motifs is 3. The van der Waals surface area contributed by atoms with E-state index < -0.39 is 23.8 Å². The van der Waals surface area contributed by atoms with Gasteiger partial charge in [0.15, 0.2) is 11.2 Å². The van der Waals surface area contributed by atoms with Gasteiger partial charge in [-0.15, -0.1) is 0 Å². The zero-order valence-corrected chi connectivity index (χ0v) is 16.9. The summed E-state index contributed by atoms with van der Waals surface area (Å²) in [5.41, 5.74) is 1.59. The van der Waals surface area contributed by atoms with Crippen molar-refractivity contribution in [3.8, 4) is 0 Å². The number of imidazole rings is 1. The van der Waals surface area contributed by atoms with E-state index >= 15 is 0 Å². The Kier molecular flexibility index (Phi) is 4.52. The summed E-state index contributed by atoms with van der Waals surface area (Å²) in [6.07, 6.45) is 0. The first kappa shape index (κ1) is 19.0. The van der Waals surface area contributed by atoms with Gasteiger partial charge in [0.1, 0.15) is 6.54 Å². The average molecular weight is 397 g/mol. The predicted octanol–water partition coefficient (Wildman–Crippen LogP) is 1.17. The number of carbonyl (C=O) groups is 1. The smallest absolute Gasteiger partial charge is 0.333 e. The van der Waals surface area contributed by atoms with Crippen molar-refractivity contribution >= 4 is 28.8 Å². The molecule has 0 fully saturated rings. The number of nitrogens with zero attached hydrogens (tertiary/aromatic N) is 5. The van der Waals surface area contributed by atoms with Crippen LogP contribution in [0.3, 0.4) is 0 Å². The molecule has 0 saturated heterocycles. The predicted molar refractivity (Wildman–Crippen MR) is 109 cm³/mol. The highest BCUT2D eigenvalue weighted by atomic mass is 16.5. The Hall–Kier alpha value is -3.36. The minimum absolute atomic E-state index is 0.256. The monoisotopic (exact) mass is 397 g/mol. The van der Waals surface area contributed by atoms with Gasteiger partial charge in [0.05, 0.1) is 7.11 Å². The van der Waals surface area contributed by atoms with Crippen molar-refractivity contribution in [1.82, 2.24) is 18.7 Å². The second kappa shape index (κ2) is 6.91. The normalized spacial score (nSPS) is 16.1. The zero-order chi connectivity index (χ0) is 20.9. The summed E-state index contributed by atoms with van der Waals surface area (Å²) < 4.78 is 8.70. The fourth-order valence-corrected chi connectivity index (χ4v) is 3.85. The van der Waals surface area contributed by atoms with Gasteiger partial charge in [0.25, 0.3) is 5.56 Å². The van der Waals surface area contributed by atoms with Crippen molar-refractivity contribution < 1.29 is 9.53 Å². The molecule has 9 heteroatoms. The van der Waals surface area contributed by atoms with Gasteiger partial charge < -0.3 is 14.2 Å². The Bertz CT molecular complexity index is 1240. The maximum absolute atomic E-state index is 13.2. The molecule has 1 atom stereocenters. The number of hydrogen-bond acceptors (Lipinski definition) is 6. The quantitative estimate of drug-likeness (QED) is 0.616. The second-order valence-electron chi connectivity index (χ2n) is 7.56. The number of carbonyl (C=O) groups excluding carboxylic acids is 1. The Morgan fingerprint density at radius 1 is 1.28 bits per heavy atom. The molecule has 0 aliphatic carbocycles. The van der Waals surface area contributed by atoms with Crippen LogP contribution >= 0.6 is 0 Å². The molecule has 2 aromatic heterocycles. The Morgan fingerprint density at radius 2 is 2.03 bits per heavy atom. The Labute approximate surface area is 166 Å². The number of ether oxygens (including phenoxy) is 1. The number of benzene rings is 1. The molecule has 0 saturated carbocycles. The molecule has 0 amide bonds. The van der Waals surface area contributed by atoms with E-state index in [-0.39, 0.29) is 5.92 Å². The number of aryl methyl sites for hydroxylation is 2. The fraction of sp³-hybridized carbons (Fsp3) is 0.400. The van der Waals surface area contributed by atoms with Gasteiger partial charge in [-0.25, -0.2) is 9.36 Å². The summed E-state index contributed by atoms with van der Waals surface area (Å²) in [7, 11) is 2.77. The largest absolute Gasteiger partial charge is 0.468 e. The molecule has 152 valence electrons. The average Bonchev–Trinajstić information content (AvgIpc) is 3.08. The number of aromatic nitrogens is 4. The third-order valence-corrected chi connectivity index (χ3v) is 5.27. The van der Waals surface area contributed by atoms with Crippen LogP contribution in [0.1, 0.15) is 12.5 Å². The standard InChI is InChI=1S/C20H23N5O4/c1-12-6-5-7-14(8-12)23-9-13(2)10-24-16-17(21-19(23)24)22(3)20(28)25(18(16)27)11-15(26)29-4/h5-8,13H,9-11H2,1-4H3/t13-/m0/s1. The van der Waals surface area contributed by atoms with Crippen LogP contribution in [0.2, 0.25) is 0 Å². The fourth-order valence-electron chi connectivity index (χ4n) is 3.85. The molecule has 0 radical (unpaired) electrons. The number of rotatable bonds is 3. The number of esters is 1. The molecule has 1 aliphatic heterocycles. The molecule has 0 N–H and O–H groups in total. The lowest BCUT2D eigenvalue weighted by molar-refractivity contribution is -0.141. The van der Waals surface area contributed by atoms with E-state index in [4.69, 9.17) is 0 Å². The van der Waals surface area contributed by atoms with Crippen molar-refractivity contribution in [2.45, 2.75) is 26.9 Å². The number of anilines is 2. The van der Waals surface area contributed by atoms with E-state index in [0.717, 1.165) is 22.4 Å². The minimum Gasteiger partial charge on any atom is -0.468 e. The van der Waals surface area contributed by atoms with Crippen molar-refractivity contribution in [2.24, 2.45) is 13.0 Å². The highest BCUT2D eigenvalue weighted by Gasteiger charge is 2.30. The van der Waals surface area contributed by atoms with Gasteiger partial charge in [-0.05, 0) is 30.5 Å². The molecule has 29 heavy (non-hydrogen) atoms. The van der Waals surface area contributed by atoms with Crippen molar-refractivity contribution in [3.63, 3.8) is 0 Å². The number of hydrogen-bond donors (Lipinski definition) is 0. The van der Waals surface area contributed by atoms with Crippen LogP contribution in [-0.2, 0) is 29.7 Å². The van der Waals surface area contributed by atoms with Gasteiger partial charge >= 0.3 is 11.7 Å². The van der Waals surface area contributed by atoms with Gasteiger partial charge in [-0.2, -0.15) is 4.98 Å². The molecule has 1 aromatic carbocycles. The van der Waals surface area contributed by atoms with E-state index in [1.165, 1.54) is 11.7 Å². The summed E-state index contributed by atoms with van der Waals surface area (Å²) >= 11 is 0. The summed E-state index contributed by atoms with van der Waals surface area (Å²) in [6, 6.07) is 8.07. The van der Waals surface area contributed by atoms with Gasteiger partial charge in [-0.1, -0.05) is 19.1 Å². The Balaban J connectivity index is 1.99. The molecule has 0 bridgehead atoms. The molecule has 9 nitrogen and oxygen atoms in total.